The molecular formula is C13H11IO4. The van der Waals surface area contributed by atoms with E-state index in [4.69, 9.17) is 9.15 Å². The molecule has 2 rings (SSSR count). The molecule has 1 aromatic heterocycles. The van der Waals surface area contributed by atoms with Crippen LogP contribution in [0.15, 0.2) is 39.7 Å². The van der Waals surface area contributed by atoms with E-state index < -0.39 is 0 Å². The highest BCUT2D eigenvalue weighted by Crippen LogP contribution is 2.19. The fraction of sp³-hybridized carbons (Fsp3) is 0.231. The number of hydrogen-bond donors (Lipinski definition) is 0. The van der Waals surface area contributed by atoms with E-state index in [1.807, 2.05) is 29.5 Å². The number of rotatable bonds is 3. The van der Waals surface area contributed by atoms with Gasteiger partial charge in [-0.3, -0.25) is 9.59 Å². The standard InChI is InChI=1S/C13H11IO4/c1-2-10(14)13(16)18-8-3-4-12-9(7-8)11(15)5-6-17-12/h3-7,10H,2H2,1H3. The molecule has 1 aromatic carbocycles. The van der Waals surface area contributed by atoms with E-state index in [1.165, 1.54) is 18.4 Å². The molecule has 1 heterocycles. The minimum atomic E-state index is -0.308. The van der Waals surface area contributed by atoms with Gasteiger partial charge in [0.25, 0.3) is 0 Å². The number of fused-ring (bicyclic) bond motifs is 1. The molecule has 0 fully saturated rings. The first kappa shape index (κ1) is 13.1. The van der Waals surface area contributed by atoms with Crippen molar-refractivity contribution in [3.05, 3.63) is 40.8 Å². The third-order valence-corrected chi connectivity index (χ3v) is 3.85. The van der Waals surface area contributed by atoms with E-state index in [0.717, 1.165) is 0 Å². The monoisotopic (exact) mass is 358 g/mol. The molecule has 2 aromatic rings. The van der Waals surface area contributed by atoms with Crippen LogP contribution in [0.5, 0.6) is 5.75 Å². The van der Waals surface area contributed by atoms with Crippen LogP contribution in [0.3, 0.4) is 0 Å². The first-order chi connectivity index (χ1) is 8.61. The fourth-order valence-electron chi connectivity index (χ4n) is 1.47. The van der Waals surface area contributed by atoms with Gasteiger partial charge in [0.1, 0.15) is 15.3 Å². The van der Waals surface area contributed by atoms with E-state index in [2.05, 4.69) is 0 Å². The number of benzene rings is 1. The highest BCUT2D eigenvalue weighted by Gasteiger charge is 2.15. The Balaban J connectivity index is 2.33. The van der Waals surface area contributed by atoms with Crippen molar-refractivity contribution in [2.24, 2.45) is 0 Å². The third kappa shape index (κ3) is 2.72. The summed E-state index contributed by atoms with van der Waals surface area (Å²) in [6, 6.07) is 6.09. The lowest BCUT2D eigenvalue weighted by Crippen LogP contribution is -2.19. The molecule has 0 saturated carbocycles. The Labute approximate surface area is 117 Å². The maximum atomic E-state index is 11.6. The molecular weight excluding hydrogens is 347 g/mol. The molecule has 0 aliphatic heterocycles. The predicted molar refractivity (Wildman–Crippen MR) is 76.2 cm³/mol. The molecule has 5 heteroatoms. The van der Waals surface area contributed by atoms with Gasteiger partial charge in [0.05, 0.1) is 11.6 Å². The maximum absolute atomic E-state index is 11.6. The van der Waals surface area contributed by atoms with Crippen molar-refractivity contribution in [2.75, 3.05) is 0 Å². The van der Waals surface area contributed by atoms with Gasteiger partial charge in [-0.1, -0.05) is 29.5 Å². The van der Waals surface area contributed by atoms with Gasteiger partial charge in [-0.15, -0.1) is 0 Å². The van der Waals surface area contributed by atoms with Gasteiger partial charge in [-0.2, -0.15) is 0 Å². The summed E-state index contributed by atoms with van der Waals surface area (Å²) in [7, 11) is 0. The molecule has 0 bridgehead atoms. The summed E-state index contributed by atoms with van der Waals surface area (Å²) in [5, 5.41) is 0.407. The first-order valence-corrected chi connectivity index (χ1v) is 6.73. The highest BCUT2D eigenvalue weighted by molar-refractivity contribution is 14.1. The van der Waals surface area contributed by atoms with E-state index in [9.17, 15) is 9.59 Å². The van der Waals surface area contributed by atoms with Crippen molar-refractivity contribution in [3.63, 3.8) is 0 Å². The topological polar surface area (TPSA) is 56.5 Å². The molecule has 0 amide bonds. The SMILES string of the molecule is CCC(I)C(=O)Oc1ccc2occc(=O)c2c1. The van der Waals surface area contributed by atoms with Crippen LogP contribution < -0.4 is 10.2 Å². The Kier molecular flexibility index (Phi) is 4.00. The number of hydrogen-bond acceptors (Lipinski definition) is 4. The average molecular weight is 358 g/mol. The van der Waals surface area contributed by atoms with Gasteiger partial charge >= 0.3 is 5.97 Å². The molecule has 1 unspecified atom stereocenters. The van der Waals surface area contributed by atoms with Crippen LogP contribution in [0.25, 0.3) is 11.0 Å². The zero-order valence-electron chi connectivity index (χ0n) is 9.68. The quantitative estimate of drug-likeness (QED) is 0.367. The van der Waals surface area contributed by atoms with Crippen molar-refractivity contribution in [1.82, 2.24) is 0 Å². The highest BCUT2D eigenvalue weighted by atomic mass is 127. The van der Waals surface area contributed by atoms with Crippen molar-refractivity contribution < 1.29 is 13.9 Å². The van der Waals surface area contributed by atoms with Crippen LogP contribution in [-0.2, 0) is 4.79 Å². The largest absolute Gasteiger partial charge is 0.464 e. The van der Waals surface area contributed by atoms with Gasteiger partial charge in [0, 0.05) is 6.07 Å². The van der Waals surface area contributed by atoms with Crippen molar-refractivity contribution >= 4 is 39.5 Å². The summed E-state index contributed by atoms with van der Waals surface area (Å²) in [4.78, 5) is 23.2. The number of carbonyl (C=O) groups is 1. The Morgan fingerprint density at radius 2 is 2.22 bits per heavy atom. The Morgan fingerprint density at radius 3 is 2.94 bits per heavy atom. The van der Waals surface area contributed by atoms with Gasteiger partial charge < -0.3 is 9.15 Å². The van der Waals surface area contributed by atoms with E-state index >= 15 is 0 Å². The summed E-state index contributed by atoms with van der Waals surface area (Å²) in [6.45, 7) is 1.91. The Bertz CT molecular complexity index is 632. The van der Waals surface area contributed by atoms with E-state index in [-0.39, 0.29) is 15.3 Å². The summed E-state index contributed by atoms with van der Waals surface area (Å²) < 4.78 is 10.2. The lowest BCUT2D eigenvalue weighted by molar-refractivity contribution is -0.133. The molecule has 0 aliphatic rings. The van der Waals surface area contributed by atoms with Crippen molar-refractivity contribution in [2.45, 2.75) is 17.3 Å². The molecule has 0 aliphatic carbocycles. The number of ether oxygens (including phenoxy) is 1. The van der Waals surface area contributed by atoms with Crippen LogP contribution in [-0.4, -0.2) is 9.89 Å². The summed E-state index contributed by atoms with van der Waals surface area (Å²) >= 11 is 2.03. The Morgan fingerprint density at radius 1 is 1.44 bits per heavy atom. The van der Waals surface area contributed by atoms with Crippen molar-refractivity contribution in [1.29, 1.82) is 0 Å². The van der Waals surface area contributed by atoms with E-state index in [0.29, 0.717) is 23.1 Å². The van der Waals surface area contributed by atoms with Gasteiger partial charge in [0.15, 0.2) is 5.43 Å². The lowest BCUT2D eigenvalue weighted by Gasteiger charge is -2.07. The second-order valence-electron chi connectivity index (χ2n) is 3.74. The number of carbonyl (C=O) groups excluding carboxylic acids is 1. The minimum absolute atomic E-state index is 0.157. The fourth-order valence-corrected chi connectivity index (χ4v) is 1.60. The molecule has 0 N–H and O–H groups in total. The van der Waals surface area contributed by atoms with Crippen LogP contribution >= 0.6 is 22.6 Å². The van der Waals surface area contributed by atoms with Gasteiger partial charge in [-0.05, 0) is 24.6 Å². The number of halogens is 1. The van der Waals surface area contributed by atoms with E-state index in [1.54, 1.807) is 12.1 Å². The summed E-state index contributed by atoms with van der Waals surface area (Å²) in [6.07, 6.45) is 2.05. The average Bonchev–Trinajstić information content (AvgIpc) is 2.38. The molecule has 94 valence electrons. The first-order valence-electron chi connectivity index (χ1n) is 5.49. The van der Waals surface area contributed by atoms with Crippen LogP contribution in [0.1, 0.15) is 13.3 Å². The zero-order valence-corrected chi connectivity index (χ0v) is 11.8. The van der Waals surface area contributed by atoms with Crippen molar-refractivity contribution in [3.8, 4) is 5.75 Å². The molecule has 4 nitrogen and oxygen atoms in total. The maximum Gasteiger partial charge on any atom is 0.324 e. The smallest absolute Gasteiger partial charge is 0.324 e. The van der Waals surface area contributed by atoms with Crippen LogP contribution in [0.4, 0.5) is 0 Å². The van der Waals surface area contributed by atoms with Crippen LogP contribution in [0.2, 0.25) is 0 Å². The van der Waals surface area contributed by atoms with Gasteiger partial charge in [-0.25, -0.2) is 0 Å². The Hall–Kier alpha value is -1.37. The summed E-state index contributed by atoms with van der Waals surface area (Å²) in [5.41, 5.74) is 0.319. The molecule has 0 spiro atoms. The number of alkyl halides is 1. The van der Waals surface area contributed by atoms with Gasteiger partial charge in [0.2, 0.25) is 0 Å². The third-order valence-electron chi connectivity index (χ3n) is 2.46. The normalized spacial score (nSPS) is 12.3. The zero-order chi connectivity index (χ0) is 13.1. The van der Waals surface area contributed by atoms with Crippen LogP contribution in [0, 0.1) is 0 Å². The minimum Gasteiger partial charge on any atom is -0.464 e. The predicted octanol–water partition coefficient (Wildman–Crippen LogP) is 2.91. The molecule has 18 heavy (non-hydrogen) atoms. The molecule has 0 radical (unpaired) electrons. The number of esters is 1. The molecule has 0 saturated heterocycles. The lowest BCUT2D eigenvalue weighted by atomic mass is 10.2. The second-order valence-corrected chi connectivity index (χ2v) is 5.24. The second kappa shape index (κ2) is 5.51. The summed E-state index contributed by atoms with van der Waals surface area (Å²) in [5.74, 6) is 0.0545. The molecule has 1 atom stereocenters.